The first-order chi connectivity index (χ1) is 9.82. The van der Waals surface area contributed by atoms with Gasteiger partial charge in [0.1, 0.15) is 0 Å². The van der Waals surface area contributed by atoms with Gasteiger partial charge in [-0.2, -0.15) is 13.2 Å². The summed E-state index contributed by atoms with van der Waals surface area (Å²) in [6.45, 7) is 1.86. The molecule has 2 aromatic rings. The fraction of sp³-hybridized carbons (Fsp3) is 0.133. The van der Waals surface area contributed by atoms with E-state index < -0.39 is 11.7 Å². The smallest absolute Gasteiger partial charge is 0.353 e. The van der Waals surface area contributed by atoms with E-state index in [4.69, 9.17) is 11.6 Å². The summed E-state index contributed by atoms with van der Waals surface area (Å²) in [6, 6.07) is 9.17. The van der Waals surface area contributed by atoms with Crippen LogP contribution in [0.1, 0.15) is 11.1 Å². The lowest BCUT2D eigenvalue weighted by atomic mass is 9.97. The number of anilines is 1. The van der Waals surface area contributed by atoms with E-state index in [1.165, 1.54) is 6.07 Å². The van der Waals surface area contributed by atoms with Crippen LogP contribution in [0.4, 0.5) is 18.9 Å². The Morgan fingerprint density at radius 2 is 1.76 bits per heavy atom. The van der Waals surface area contributed by atoms with Crippen LogP contribution >= 0.6 is 23.8 Å². The molecule has 0 amide bonds. The van der Waals surface area contributed by atoms with Gasteiger partial charge in [-0.05, 0) is 24.6 Å². The van der Waals surface area contributed by atoms with Gasteiger partial charge in [-0.15, -0.1) is 0 Å². The maximum atomic E-state index is 13.3. The summed E-state index contributed by atoms with van der Waals surface area (Å²) in [7, 11) is 0. The first-order valence-corrected chi connectivity index (χ1v) is 6.86. The van der Waals surface area contributed by atoms with Crippen LogP contribution in [-0.2, 0) is 6.18 Å². The summed E-state index contributed by atoms with van der Waals surface area (Å²) in [5.74, 6) is 0. The molecule has 110 valence electrons. The quantitative estimate of drug-likeness (QED) is 0.724. The van der Waals surface area contributed by atoms with Gasteiger partial charge in [0.15, 0.2) is 0 Å². The molecule has 1 N–H and O–H groups in total. The highest BCUT2D eigenvalue weighted by atomic mass is 35.5. The number of thiocarbonyl (C=S) groups is 1. The fourth-order valence-electron chi connectivity index (χ4n) is 2.00. The Balaban J connectivity index is 2.68. The van der Waals surface area contributed by atoms with Crippen molar-refractivity contribution in [2.75, 3.05) is 5.32 Å². The fourth-order valence-corrected chi connectivity index (χ4v) is 2.46. The van der Waals surface area contributed by atoms with Crippen molar-refractivity contribution in [2.24, 2.45) is 0 Å². The predicted molar refractivity (Wildman–Crippen MR) is 83.9 cm³/mol. The molecule has 0 aliphatic heterocycles. The van der Waals surface area contributed by atoms with Crippen LogP contribution in [0.15, 0.2) is 36.4 Å². The van der Waals surface area contributed by atoms with Crippen molar-refractivity contribution < 1.29 is 13.2 Å². The van der Waals surface area contributed by atoms with E-state index >= 15 is 0 Å². The molecule has 0 atom stereocenters. The van der Waals surface area contributed by atoms with E-state index in [9.17, 15) is 13.2 Å². The summed E-state index contributed by atoms with van der Waals surface area (Å²) in [4.78, 5) is 0. The Kier molecular flexibility index (Phi) is 4.54. The summed E-state index contributed by atoms with van der Waals surface area (Å²) >= 11 is 10.7. The Labute approximate surface area is 130 Å². The highest BCUT2D eigenvalue weighted by Crippen LogP contribution is 2.42. The molecule has 21 heavy (non-hydrogen) atoms. The van der Waals surface area contributed by atoms with Crippen molar-refractivity contribution in [1.29, 1.82) is 0 Å². The van der Waals surface area contributed by atoms with Gasteiger partial charge in [0, 0.05) is 11.3 Å². The second-order valence-corrected chi connectivity index (χ2v) is 5.15. The zero-order valence-corrected chi connectivity index (χ0v) is 12.5. The normalized spacial score (nSPS) is 11.3. The van der Waals surface area contributed by atoms with Gasteiger partial charge in [0.2, 0.25) is 0 Å². The van der Waals surface area contributed by atoms with Crippen LogP contribution in [0, 0.1) is 6.92 Å². The number of hydrogen-bond donors (Lipinski definition) is 1. The topological polar surface area (TPSA) is 12.0 Å². The number of rotatable bonds is 3. The number of benzene rings is 2. The van der Waals surface area contributed by atoms with Crippen molar-refractivity contribution in [3.8, 4) is 11.1 Å². The Morgan fingerprint density at radius 1 is 1.14 bits per heavy atom. The zero-order chi connectivity index (χ0) is 15.6. The van der Waals surface area contributed by atoms with Crippen LogP contribution in [0.2, 0.25) is 5.02 Å². The lowest BCUT2D eigenvalue weighted by molar-refractivity contribution is -0.137. The molecular weight excluding hydrogens is 319 g/mol. The van der Waals surface area contributed by atoms with Crippen LogP contribution in [0.25, 0.3) is 11.1 Å². The summed E-state index contributed by atoms with van der Waals surface area (Å²) in [5, 5.41) is 2.58. The third kappa shape index (κ3) is 3.54. The molecule has 2 aromatic carbocycles. The van der Waals surface area contributed by atoms with Crippen molar-refractivity contribution in [2.45, 2.75) is 13.1 Å². The Morgan fingerprint density at radius 3 is 2.29 bits per heavy atom. The molecule has 0 aliphatic rings. The third-order valence-electron chi connectivity index (χ3n) is 2.96. The van der Waals surface area contributed by atoms with Crippen molar-refractivity contribution >= 4 is 35.0 Å². The minimum atomic E-state index is -4.51. The first-order valence-electron chi connectivity index (χ1n) is 6.01. The molecule has 6 heteroatoms. The molecule has 2 rings (SSSR count). The van der Waals surface area contributed by atoms with Crippen LogP contribution < -0.4 is 5.32 Å². The van der Waals surface area contributed by atoms with Gasteiger partial charge >= 0.3 is 6.18 Å². The Bertz CT molecular complexity index is 666. The van der Waals surface area contributed by atoms with Crippen LogP contribution in [-0.4, -0.2) is 5.49 Å². The molecule has 0 aromatic heterocycles. The molecule has 0 spiro atoms. The van der Waals surface area contributed by atoms with E-state index in [0.717, 1.165) is 17.1 Å². The van der Waals surface area contributed by atoms with E-state index in [-0.39, 0.29) is 16.3 Å². The molecule has 0 unspecified atom stereocenters. The van der Waals surface area contributed by atoms with Gasteiger partial charge in [-0.25, -0.2) is 0 Å². The lowest BCUT2D eigenvalue weighted by Gasteiger charge is -2.16. The largest absolute Gasteiger partial charge is 0.417 e. The molecule has 0 fully saturated rings. The summed E-state index contributed by atoms with van der Waals surface area (Å²) < 4.78 is 39.9. The minimum Gasteiger partial charge on any atom is -0.353 e. The van der Waals surface area contributed by atoms with Crippen LogP contribution in [0.3, 0.4) is 0 Å². The second kappa shape index (κ2) is 6.03. The van der Waals surface area contributed by atoms with Gasteiger partial charge in [0.25, 0.3) is 0 Å². The van der Waals surface area contributed by atoms with E-state index in [1.54, 1.807) is 24.3 Å². The van der Waals surface area contributed by atoms with Crippen molar-refractivity contribution in [1.82, 2.24) is 0 Å². The first kappa shape index (κ1) is 15.8. The maximum absolute atomic E-state index is 13.3. The molecule has 0 bridgehead atoms. The SMILES string of the molecule is Cc1ccc(-c2c(Cl)cc(NC=S)cc2C(F)(F)F)cc1. The van der Waals surface area contributed by atoms with Crippen molar-refractivity contribution in [3.05, 3.63) is 52.5 Å². The summed E-state index contributed by atoms with van der Waals surface area (Å²) in [5.41, 5.74) is 1.90. The number of halogens is 4. The third-order valence-corrected chi connectivity index (χ3v) is 3.38. The van der Waals surface area contributed by atoms with Gasteiger partial charge in [-0.3, -0.25) is 0 Å². The molecule has 0 saturated carbocycles. The zero-order valence-electron chi connectivity index (χ0n) is 11.0. The molecule has 1 nitrogen and oxygen atoms in total. The molecule has 0 aliphatic carbocycles. The maximum Gasteiger partial charge on any atom is 0.417 e. The van der Waals surface area contributed by atoms with E-state index in [0.29, 0.717) is 5.56 Å². The van der Waals surface area contributed by atoms with E-state index in [2.05, 4.69) is 17.5 Å². The second-order valence-electron chi connectivity index (χ2n) is 4.51. The predicted octanol–water partition coefficient (Wildman–Crippen LogP) is 5.70. The molecule has 0 saturated heterocycles. The average Bonchev–Trinajstić information content (AvgIpc) is 2.39. The number of alkyl halides is 3. The standard InChI is InChI=1S/C15H11ClF3NS/c1-9-2-4-10(5-3-9)14-12(15(17,18)19)6-11(20-8-21)7-13(14)16/h2-8H,1H3,(H,20,21). The molecule has 0 radical (unpaired) electrons. The minimum absolute atomic E-state index is 0.0213. The highest BCUT2D eigenvalue weighted by Gasteiger charge is 2.35. The van der Waals surface area contributed by atoms with Crippen molar-refractivity contribution in [3.63, 3.8) is 0 Å². The highest BCUT2D eigenvalue weighted by molar-refractivity contribution is 7.79. The lowest BCUT2D eigenvalue weighted by Crippen LogP contribution is -2.09. The average molecular weight is 330 g/mol. The van der Waals surface area contributed by atoms with E-state index in [1.807, 2.05) is 6.92 Å². The Hall–Kier alpha value is -1.59. The van der Waals surface area contributed by atoms with Gasteiger partial charge < -0.3 is 5.32 Å². The monoisotopic (exact) mass is 329 g/mol. The van der Waals surface area contributed by atoms with Gasteiger partial charge in [-0.1, -0.05) is 53.6 Å². The summed E-state index contributed by atoms with van der Waals surface area (Å²) in [6.07, 6.45) is -4.51. The van der Waals surface area contributed by atoms with Gasteiger partial charge in [0.05, 0.1) is 16.1 Å². The molecular formula is C15H11ClF3NS. The molecule has 0 heterocycles. The number of aryl methyl sites for hydroxylation is 1. The number of hydrogen-bond acceptors (Lipinski definition) is 1. The van der Waals surface area contributed by atoms with Crippen LogP contribution in [0.5, 0.6) is 0 Å². The number of nitrogens with one attached hydrogen (secondary N) is 1.